The molecular weight excluding hydrogens is 662 g/mol. The second kappa shape index (κ2) is 12.7. The zero-order valence-electron chi connectivity index (χ0n) is 27.7. The first-order valence-corrected chi connectivity index (χ1v) is 17.4. The highest BCUT2D eigenvalue weighted by Crippen LogP contribution is 2.61. The second-order valence-corrected chi connectivity index (χ2v) is 14.0. The third-order valence-electron chi connectivity index (χ3n) is 11.2. The number of allylic oxidation sites excluding steroid dienone is 5. The number of carbonyl (C=O) groups is 4. The van der Waals surface area contributed by atoms with Gasteiger partial charge in [-0.1, -0.05) is 102 Å². The summed E-state index contributed by atoms with van der Waals surface area (Å²) in [4.78, 5) is 59.7. The number of imide groups is 1. The number of carbonyl (C=O) groups excluding carboxylic acids is 4. The van der Waals surface area contributed by atoms with E-state index in [1.165, 1.54) is 18.1 Å². The Morgan fingerprint density at radius 2 is 1.57 bits per heavy atom. The van der Waals surface area contributed by atoms with Crippen LogP contribution in [0.4, 0.5) is 5.69 Å². The summed E-state index contributed by atoms with van der Waals surface area (Å²) >= 11 is 6.14. The van der Waals surface area contributed by atoms with E-state index in [9.17, 15) is 19.5 Å². The number of rotatable bonds is 6. The van der Waals surface area contributed by atoms with Crippen LogP contribution in [0.2, 0.25) is 5.02 Å². The standard InChI is InChI=1S/C43H34ClNO6/c1-51-37-22-25(13-21-36(37)46)12-20-34-30-18-19-31-39(42(50)45(41(31)49)29-16-14-28(44)15-17-29)33(30)23-35-40(48)32(26-8-4-2-5-9-26)24-38(47)43(34,35)27-10-6-3-7-11-27/h2-18,20-22,24,31,33-35,39,46H,19,23H2,1H3. The lowest BCUT2D eigenvalue weighted by atomic mass is 9.45. The monoisotopic (exact) mass is 695 g/mol. The number of benzene rings is 4. The Balaban J connectivity index is 1.32. The van der Waals surface area contributed by atoms with Crippen LogP contribution in [0.15, 0.2) is 127 Å². The lowest BCUT2D eigenvalue weighted by molar-refractivity contribution is -0.135. The molecule has 1 aliphatic heterocycles. The number of anilines is 1. The normalized spacial score (nSPS) is 27.1. The number of fused-ring (bicyclic) bond motifs is 4. The molecule has 4 aliphatic rings. The van der Waals surface area contributed by atoms with E-state index in [-0.39, 0.29) is 35.6 Å². The lowest BCUT2D eigenvalue weighted by Crippen LogP contribution is -2.59. The van der Waals surface area contributed by atoms with E-state index in [1.807, 2.05) is 78.9 Å². The van der Waals surface area contributed by atoms with E-state index in [0.717, 1.165) is 11.1 Å². The van der Waals surface area contributed by atoms with E-state index >= 15 is 4.79 Å². The quantitative estimate of drug-likeness (QED) is 0.165. The number of ketones is 2. The molecule has 254 valence electrons. The van der Waals surface area contributed by atoms with Crippen molar-refractivity contribution in [2.24, 2.45) is 29.6 Å². The SMILES string of the molecule is COc1cc(C=CC2C3=CCC4C(=O)N(c5ccc(Cl)cc5)C(=O)C4C3CC3C(=O)C(c4ccccc4)=CC(=O)C23c2ccccc2)ccc1O. The maximum absolute atomic E-state index is 15.0. The minimum atomic E-state index is -1.31. The van der Waals surface area contributed by atoms with Gasteiger partial charge in [-0.05, 0) is 77.9 Å². The summed E-state index contributed by atoms with van der Waals surface area (Å²) in [5, 5.41) is 10.8. The van der Waals surface area contributed by atoms with Crippen LogP contribution in [-0.2, 0) is 24.6 Å². The fraction of sp³-hybridized carbons (Fsp3) is 0.209. The van der Waals surface area contributed by atoms with Crippen molar-refractivity contribution in [3.8, 4) is 11.5 Å². The number of Topliss-reactive ketones (excluding diaryl/α,β-unsaturated/α-hetero) is 1. The number of ether oxygens (including phenoxy) is 1. The predicted molar refractivity (Wildman–Crippen MR) is 195 cm³/mol. The highest BCUT2D eigenvalue weighted by atomic mass is 35.5. The van der Waals surface area contributed by atoms with E-state index in [0.29, 0.717) is 39.6 Å². The third kappa shape index (κ3) is 5.10. The molecule has 8 rings (SSSR count). The van der Waals surface area contributed by atoms with Gasteiger partial charge in [0.05, 0.1) is 30.0 Å². The average Bonchev–Trinajstić information content (AvgIpc) is 3.42. The minimum Gasteiger partial charge on any atom is -0.504 e. The molecule has 6 atom stereocenters. The number of halogens is 1. The van der Waals surface area contributed by atoms with E-state index in [4.69, 9.17) is 16.3 Å². The minimum absolute atomic E-state index is 0.00415. The zero-order chi connectivity index (χ0) is 35.4. The first kappa shape index (κ1) is 32.7. The van der Waals surface area contributed by atoms with Crippen molar-refractivity contribution in [3.63, 3.8) is 0 Å². The first-order chi connectivity index (χ1) is 24.7. The number of amides is 2. The highest BCUT2D eigenvalue weighted by molar-refractivity contribution is 6.32. The van der Waals surface area contributed by atoms with Crippen LogP contribution >= 0.6 is 11.6 Å². The Hall–Kier alpha value is -5.53. The topological polar surface area (TPSA) is 101 Å². The van der Waals surface area contributed by atoms with Gasteiger partial charge in [-0.15, -0.1) is 0 Å². The van der Waals surface area contributed by atoms with Crippen LogP contribution < -0.4 is 9.64 Å². The number of hydrogen-bond donors (Lipinski definition) is 1. The molecular formula is C43H34ClNO6. The van der Waals surface area contributed by atoms with Crippen LogP contribution in [-0.4, -0.2) is 35.6 Å². The second-order valence-electron chi connectivity index (χ2n) is 13.6. The molecule has 2 amide bonds. The van der Waals surface area contributed by atoms with Crippen molar-refractivity contribution in [1.82, 2.24) is 0 Å². The first-order valence-electron chi connectivity index (χ1n) is 17.0. The fourth-order valence-electron chi connectivity index (χ4n) is 8.97. The molecule has 3 aliphatic carbocycles. The summed E-state index contributed by atoms with van der Waals surface area (Å²) in [6, 6.07) is 30.3. The zero-order valence-corrected chi connectivity index (χ0v) is 28.5. The number of phenolic OH excluding ortho intramolecular Hbond substituents is 1. The Morgan fingerprint density at radius 1 is 0.863 bits per heavy atom. The van der Waals surface area contributed by atoms with Crippen molar-refractivity contribution in [1.29, 1.82) is 0 Å². The van der Waals surface area contributed by atoms with E-state index < -0.39 is 35.0 Å². The summed E-state index contributed by atoms with van der Waals surface area (Å²) < 4.78 is 5.36. The molecule has 8 heteroatoms. The molecule has 6 unspecified atom stereocenters. The van der Waals surface area contributed by atoms with Gasteiger partial charge < -0.3 is 9.84 Å². The molecule has 0 aromatic heterocycles. The average molecular weight is 696 g/mol. The summed E-state index contributed by atoms with van der Waals surface area (Å²) in [6.45, 7) is 0. The lowest BCUT2D eigenvalue weighted by Gasteiger charge is -2.54. The van der Waals surface area contributed by atoms with Crippen molar-refractivity contribution >= 4 is 52.3 Å². The van der Waals surface area contributed by atoms with Crippen molar-refractivity contribution in [2.45, 2.75) is 18.3 Å². The highest BCUT2D eigenvalue weighted by Gasteiger charge is 2.65. The number of nitrogens with zero attached hydrogens (tertiary/aromatic N) is 1. The van der Waals surface area contributed by atoms with Crippen LogP contribution in [0.3, 0.4) is 0 Å². The van der Waals surface area contributed by atoms with Crippen molar-refractivity contribution < 1.29 is 29.0 Å². The maximum Gasteiger partial charge on any atom is 0.238 e. The summed E-state index contributed by atoms with van der Waals surface area (Å²) in [5.41, 5.74) is 2.45. The van der Waals surface area contributed by atoms with Crippen LogP contribution in [0.5, 0.6) is 11.5 Å². The maximum atomic E-state index is 15.0. The third-order valence-corrected chi connectivity index (χ3v) is 11.5. The largest absolute Gasteiger partial charge is 0.504 e. The van der Waals surface area contributed by atoms with Gasteiger partial charge in [-0.2, -0.15) is 0 Å². The van der Waals surface area contributed by atoms with Crippen LogP contribution in [0.1, 0.15) is 29.5 Å². The Labute approximate surface area is 300 Å². The molecule has 1 N–H and O–H groups in total. The Morgan fingerprint density at radius 3 is 2.27 bits per heavy atom. The molecule has 1 saturated heterocycles. The van der Waals surface area contributed by atoms with Gasteiger partial charge in [0.15, 0.2) is 23.1 Å². The Bertz CT molecular complexity index is 2170. The molecule has 51 heavy (non-hydrogen) atoms. The van der Waals surface area contributed by atoms with Gasteiger partial charge in [-0.3, -0.25) is 24.1 Å². The van der Waals surface area contributed by atoms with Crippen molar-refractivity contribution in [3.05, 3.63) is 149 Å². The molecule has 4 aromatic carbocycles. The van der Waals surface area contributed by atoms with Crippen LogP contribution in [0.25, 0.3) is 11.6 Å². The molecule has 4 aromatic rings. The summed E-state index contributed by atoms with van der Waals surface area (Å²) in [5.74, 6) is -3.90. The van der Waals surface area contributed by atoms with E-state index in [2.05, 4.69) is 0 Å². The van der Waals surface area contributed by atoms with Gasteiger partial charge in [-0.25, -0.2) is 0 Å². The molecule has 1 saturated carbocycles. The molecule has 0 radical (unpaired) electrons. The van der Waals surface area contributed by atoms with Crippen LogP contribution in [0, 0.1) is 29.6 Å². The van der Waals surface area contributed by atoms with Crippen molar-refractivity contribution in [2.75, 3.05) is 12.0 Å². The number of hydrogen-bond acceptors (Lipinski definition) is 6. The molecule has 2 fully saturated rings. The number of phenols is 1. The van der Waals surface area contributed by atoms with Gasteiger partial charge in [0.2, 0.25) is 11.8 Å². The molecule has 0 spiro atoms. The van der Waals surface area contributed by atoms with Gasteiger partial charge in [0.25, 0.3) is 0 Å². The van der Waals surface area contributed by atoms with Gasteiger partial charge in [0, 0.05) is 22.4 Å². The predicted octanol–water partition coefficient (Wildman–Crippen LogP) is 7.63. The molecule has 7 nitrogen and oxygen atoms in total. The van der Waals surface area contributed by atoms with Gasteiger partial charge in [0.1, 0.15) is 0 Å². The molecule has 1 heterocycles. The van der Waals surface area contributed by atoms with Gasteiger partial charge >= 0.3 is 0 Å². The number of aromatic hydroxyl groups is 1. The summed E-state index contributed by atoms with van der Waals surface area (Å²) in [6.07, 6.45) is 7.91. The Kier molecular flexibility index (Phi) is 8.11. The smallest absolute Gasteiger partial charge is 0.238 e. The number of methoxy groups -OCH3 is 1. The summed E-state index contributed by atoms with van der Waals surface area (Å²) in [7, 11) is 1.47. The fourth-order valence-corrected chi connectivity index (χ4v) is 9.10. The van der Waals surface area contributed by atoms with E-state index in [1.54, 1.807) is 42.5 Å². The molecule has 0 bridgehead atoms.